The number of rotatable bonds is 4. The minimum absolute atomic E-state index is 0.288. The van der Waals surface area contributed by atoms with Gasteiger partial charge < -0.3 is 9.30 Å². The Kier molecular flexibility index (Phi) is 5.50. The van der Waals surface area contributed by atoms with Gasteiger partial charge in [-0.15, -0.1) is 17.8 Å². The zero-order chi connectivity index (χ0) is 18.0. The van der Waals surface area contributed by atoms with Gasteiger partial charge in [0.25, 0.3) is 5.91 Å². The monoisotopic (exact) mass is 410 g/mol. The summed E-state index contributed by atoms with van der Waals surface area (Å²) < 4.78 is 9.03. The average molecular weight is 411 g/mol. The lowest BCUT2D eigenvalue weighted by Crippen LogP contribution is -2.16. The first-order valence-corrected chi connectivity index (χ1v) is 9.66. The summed E-state index contributed by atoms with van der Waals surface area (Å²) in [6.07, 6.45) is 5.47. The van der Waals surface area contributed by atoms with Crippen molar-refractivity contribution in [1.29, 1.82) is 0 Å². The van der Waals surface area contributed by atoms with Crippen LogP contribution in [0.15, 0.2) is 29.3 Å². The number of amides is 1. The van der Waals surface area contributed by atoms with Gasteiger partial charge in [0, 0.05) is 0 Å². The Labute approximate surface area is 162 Å². The number of aromatic nitrogens is 1. The number of benzene rings is 1. The Morgan fingerprint density at radius 3 is 2.80 bits per heavy atom. The molecular weight excluding hydrogens is 399 g/mol. The molecule has 3 rings (SSSR count). The molecule has 1 amide bonds. The molecule has 0 N–H and O–H groups in total. The van der Waals surface area contributed by atoms with Crippen LogP contribution < -0.4 is 9.54 Å². The molecule has 3 aromatic rings. The summed E-state index contributed by atoms with van der Waals surface area (Å²) in [5, 5.41) is 0. The number of nitrogens with zero attached hydrogens (tertiary/aromatic N) is 2. The molecule has 2 heterocycles. The number of hydrogen-bond donors (Lipinski definition) is 0. The number of terminal acetylenes is 1. The van der Waals surface area contributed by atoms with E-state index in [0.717, 1.165) is 27.3 Å². The summed E-state index contributed by atoms with van der Waals surface area (Å²) in [5.41, 5.74) is 1.18. The second-order valence-corrected chi connectivity index (χ2v) is 8.19. The number of carbonyl (C=O) groups is 1. The van der Waals surface area contributed by atoms with E-state index in [4.69, 9.17) is 34.4 Å². The van der Waals surface area contributed by atoms with Crippen LogP contribution in [0.25, 0.3) is 10.2 Å². The average Bonchev–Trinajstić information content (AvgIpc) is 3.08. The molecule has 1 aromatic carbocycles. The van der Waals surface area contributed by atoms with Crippen molar-refractivity contribution in [2.45, 2.75) is 13.5 Å². The largest absolute Gasteiger partial charge is 0.494 e. The van der Waals surface area contributed by atoms with Gasteiger partial charge in [-0.25, -0.2) is 0 Å². The van der Waals surface area contributed by atoms with E-state index >= 15 is 0 Å². The number of halogens is 2. The van der Waals surface area contributed by atoms with Gasteiger partial charge in [-0.1, -0.05) is 40.5 Å². The van der Waals surface area contributed by atoms with Crippen LogP contribution in [0.5, 0.6) is 5.75 Å². The normalized spacial score (nSPS) is 11.7. The number of fused-ring (bicyclic) bond motifs is 1. The first-order chi connectivity index (χ1) is 12.0. The first-order valence-electron chi connectivity index (χ1n) is 7.27. The van der Waals surface area contributed by atoms with Crippen LogP contribution >= 0.6 is 45.9 Å². The third kappa shape index (κ3) is 3.75. The number of thiophene rings is 1. The van der Waals surface area contributed by atoms with E-state index in [-0.39, 0.29) is 5.56 Å². The molecule has 0 aliphatic rings. The molecule has 0 aliphatic heterocycles. The molecule has 0 atom stereocenters. The predicted octanol–water partition coefficient (Wildman–Crippen LogP) is 4.84. The number of carbonyl (C=O) groups excluding carboxylic acids is 1. The Morgan fingerprint density at radius 2 is 2.16 bits per heavy atom. The smallest absolute Gasteiger partial charge is 0.282 e. The third-order valence-electron chi connectivity index (χ3n) is 3.30. The van der Waals surface area contributed by atoms with Gasteiger partial charge in [-0.2, -0.15) is 4.99 Å². The second-order valence-electron chi connectivity index (χ2n) is 4.89. The summed E-state index contributed by atoms with van der Waals surface area (Å²) in [5.74, 6) is 2.90. The van der Waals surface area contributed by atoms with E-state index in [0.29, 0.717) is 26.6 Å². The quantitative estimate of drug-likeness (QED) is 0.577. The van der Waals surface area contributed by atoms with Gasteiger partial charge >= 0.3 is 0 Å². The maximum absolute atomic E-state index is 12.5. The Hall–Kier alpha value is -1.78. The van der Waals surface area contributed by atoms with E-state index < -0.39 is 5.91 Å². The SMILES string of the molecule is C#CCn1c(=NC(=O)c2cc(Cl)sc2Cl)sc2cc(OCC)ccc21. The number of hydrogen-bond acceptors (Lipinski definition) is 4. The van der Waals surface area contributed by atoms with Crippen LogP contribution in [0.2, 0.25) is 8.67 Å². The van der Waals surface area contributed by atoms with E-state index in [1.165, 1.54) is 17.4 Å². The molecule has 0 radical (unpaired) electrons. The maximum Gasteiger partial charge on any atom is 0.282 e. The molecule has 0 aliphatic carbocycles. The molecule has 0 bridgehead atoms. The van der Waals surface area contributed by atoms with Crippen molar-refractivity contribution in [1.82, 2.24) is 4.57 Å². The Morgan fingerprint density at radius 1 is 1.36 bits per heavy atom. The molecule has 25 heavy (non-hydrogen) atoms. The molecule has 128 valence electrons. The van der Waals surface area contributed by atoms with Crippen molar-refractivity contribution in [2.75, 3.05) is 6.61 Å². The molecule has 0 fully saturated rings. The summed E-state index contributed by atoms with van der Waals surface area (Å²) in [6.45, 7) is 2.80. The summed E-state index contributed by atoms with van der Waals surface area (Å²) in [6, 6.07) is 7.21. The van der Waals surface area contributed by atoms with Gasteiger partial charge in [0.15, 0.2) is 4.80 Å². The predicted molar refractivity (Wildman–Crippen MR) is 104 cm³/mol. The molecule has 0 spiro atoms. The van der Waals surface area contributed by atoms with Crippen molar-refractivity contribution in [2.24, 2.45) is 4.99 Å². The molecule has 4 nitrogen and oxygen atoms in total. The first kappa shape index (κ1) is 18.0. The molecule has 0 unspecified atom stereocenters. The van der Waals surface area contributed by atoms with Crippen LogP contribution in [0, 0.1) is 12.3 Å². The van der Waals surface area contributed by atoms with Crippen molar-refractivity contribution in [3.63, 3.8) is 0 Å². The lowest BCUT2D eigenvalue weighted by molar-refractivity contribution is 0.0998. The fraction of sp³-hybridized carbons (Fsp3) is 0.176. The lowest BCUT2D eigenvalue weighted by atomic mass is 10.3. The van der Waals surface area contributed by atoms with Crippen molar-refractivity contribution < 1.29 is 9.53 Å². The summed E-state index contributed by atoms with van der Waals surface area (Å²) in [4.78, 5) is 17.2. The van der Waals surface area contributed by atoms with E-state index in [9.17, 15) is 4.79 Å². The molecule has 0 saturated carbocycles. The standard InChI is InChI=1S/C17H12Cl2N2O2S2/c1-3-7-21-12-6-5-10(23-4-2)8-13(12)24-17(21)20-16(22)11-9-14(18)25-15(11)19/h1,5-6,8-9H,4,7H2,2H3. The van der Waals surface area contributed by atoms with Crippen LogP contribution in [0.1, 0.15) is 17.3 Å². The summed E-state index contributed by atoms with van der Waals surface area (Å²) >= 11 is 14.4. The fourth-order valence-corrected chi connectivity index (χ4v) is 4.78. The van der Waals surface area contributed by atoms with Gasteiger partial charge in [0.05, 0.1) is 33.3 Å². The minimum Gasteiger partial charge on any atom is -0.494 e. The zero-order valence-corrected chi connectivity index (χ0v) is 16.2. The van der Waals surface area contributed by atoms with Crippen molar-refractivity contribution >= 4 is 62.0 Å². The Balaban J connectivity index is 2.13. The molecule has 0 saturated heterocycles. The van der Waals surface area contributed by atoms with E-state index in [1.54, 1.807) is 0 Å². The second kappa shape index (κ2) is 7.63. The summed E-state index contributed by atoms with van der Waals surface area (Å²) in [7, 11) is 0. The zero-order valence-electron chi connectivity index (χ0n) is 13.1. The third-order valence-corrected chi connectivity index (χ3v) is 5.83. The van der Waals surface area contributed by atoms with E-state index in [1.807, 2.05) is 29.7 Å². The van der Waals surface area contributed by atoms with Gasteiger partial charge in [-0.05, 0) is 31.2 Å². The highest BCUT2D eigenvalue weighted by Gasteiger charge is 2.15. The Bertz CT molecular complexity index is 1060. The van der Waals surface area contributed by atoms with Crippen molar-refractivity contribution in [3.8, 4) is 18.1 Å². The van der Waals surface area contributed by atoms with Crippen LogP contribution in [0.3, 0.4) is 0 Å². The highest BCUT2D eigenvalue weighted by atomic mass is 35.5. The van der Waals surface area contributed by atoms with Crippen LogP contribution in [-0.2, 0) is 6.54 Å². The lowest BCUT2D eigenvalue weighted by Gasteiger charge is -2.03. The number of ether oxygens (including phenoxy) is 1. The minimum atomic E-state index is -0.449. The highest BCUT2D eigenvalue weighted by molar-refractivity contribution is 7.20. The van der Waals surface area contributed by atoms with Crippen LogP contribution in [0.4, 0.5) is 0 Å². The highest BCUT2D eigenvalue weighted by Crippen LogP contribution is 2.31. The maximum atomic E-state index is 12.5. The topological polar surface area (TPSA) is 43.6 Å². The van der Waals surface area contributed by atoms with Crippen LogP contribution in [-0.4, -0.2) is 17.1 Å². The van der Waals surface area contributed by atoms with Gasteiger partial charge in [0.1, 0.15) is 10.1 Å². The van der Waals surface area contributed by atoms with Gasteiger partial charge in [-0.3, -0.25) is 4.79 Å². The van der Waals surface area contributed by atoms with Gasteiger partial charge in [0.2, 0.25) is 0 Å². The molecule has 8 heteroatoms. The molecular formula is C17H12Cl2N2O2S2. The number of thiazole rings is 1. The van der Waals surface area contributed by atoms with E-state index in [2.05, 4.69) is 10.9 Å². The van der Waals surface area contributed by atoms with Crippen molar-refractivity contribution in [3.05, 3.63) is 43.3 Å². The fourth-order valence-electron chi connectivity index (χ4n) is 2.27. The molecule has 2 aromatic heterocycles.